The van der Waals surface area contributed by atoms with Crippen molar-refractivity contribution >= 4 is 28.6 Å². The number of esters is 1. The summed E-state index contributed by atoms with van der Waals surface area (Å²) in [5, 5.41) is 9.04. The molecule has 0 aliphatic carbocycles. The zero-order chi connectivity index (χ0) is 12.8. The second-order valence-corrected chi connectivity index (χ2v) is 4.47. The molecule has 0 saturated heterocycles. The third-order valence-corrected chi connectivity index (χ3v) is 2.76. The predicted octanol–water partition coefficient (Wildman–Crippen LogP) is 2.28. The topological polar surface area (TPSA) is 59.3 Å². The van der Waals surface area contributed by atoms with Crippen molar-refractivity contribution in [3.05, 3.63) is 26.8 Å². The van der Waals surface area contributed by atoms with Crippen molar-refractivity contribution in [2.75, 3.05) is 13.7 Å². The Labute approximate surface area is 114 Å². The summed E-state index contributed by atoms with van der Waals surface area (Å²) in [5.41, 5.74) is 1.02. The molecule has 0 saturated carbocycles. The van der Waals surface area contributed by atoms with Gasteiger partial charge in [-0.25, -0.2) is 0 Å². The summed E-state index contributed by atoms with van der Waals surface area (Å²) in [7, 11) is 1.52. The van der Waals surface area contributed by atoms with Crippen molar-refractivity contribution in [2.45, 2.75) is 13.3 Å². The molecular weight excluding hydrogens is 333 g/mol. The minimum Gasteiger partial charge on any atom is -0.496 e. The molecule has 0 amide bonds. The summed E-state index contributed by atoms with van der Waals surface area (Å²) in [6, 6.07) is 5.57. The number of carbonyl (C=O) groups is 1. The van der Waals surface area contributed by atoms with Crippen molar-refractivity contribution in [3.63, 3.8) is 0 Å². The molecule has 90 valence electrons. The highest BCUT2D eigenvalue weighted by molar-refractivity contribution is 14.1. The molecule has 0 bridgehead atoms. The second kappa shape index (κ2) is 6.45. The first-order valence-electron chi connectivity index (χ1n) is 5.04. The van der Waals surface area contributed by atoms with Crippen LogP contribution >= 0.6 is 22.6 Å². The van der Waals surface area contributed by atoms with Gasteiger partial charge in [0.1, 0.15) is 5.75 Å². The average Bonchev–Trinajstić information content (AvgIpc) is 2.31. The maximum atomic E-state index is 11.4. The first kappa shape index (κ1) is 13.8. The predicted molar refractivity (Wildman–Crippen MR) is 70.8 cm³/mol. The van der Waals surface area contributed by atoms with Gasteiger partial charge >= 0.3 is 5.97 Å². The van der Waals surface area contributed by atoms with Gasteiger partial charge in [-0.15, -0.1) is 0 Å². The largest absolute Gasteiger partial charge is 0.496 e. The molecule has 0 aliphatic rings. The fourth-order valence-corrected chi connectivity index (χ4v) is 2.03. The van der Waals surface area contributed by atoms with Crippen LogP contribution in [0, 0.1) is 14.9 Å². The molecule has 5 heteroatoms. The van der Waals surface area contributed by atoms with E-state index in [1.54, 1.807) is 19.1 Å². The Morgan fingerprint density at radius 1 is 1.53 bits per heavy atom. The SMILES string of the molecule is CCOC(=O)Cc1c(C#N)cc(I)cc1OC. The van der Waals surface area contributed by atoms with Crippen LogP contribution in [-0.2, 0) is 16.0 Å². The Balaban J connectivity index is 3.12. The van der Waals surface area contributed by atoms with E-state index in [4.69, 9.17) is 14.7 Å². The van der Waals surface area contributed by atoms with Crippen LogP contribution in [0.25, 0.3) is 0 Å². The van der Waals surface area contributed by atoms with E-state index in [2.05, 4.69) is 28.7 Å². The van der Waals surface area contributed by atoms with Crippen LogP contribution in [0.1, 0.15) is 18.1 Å². The number of nitriles is 1. The van der Waals surface area contributed by atoms with Crippen LogP contribution in [0.5, 0.6) is 5.75 Å². The summed E-state index contributed by atoms with van der Waals surface area (Å²) >= 11 is 2.10. The lowest BCUT2D eigenvalue weighted by Crippen LogP contribution is -2.10. The molecule has 0 N–H and O–H groups in total. The highest BCUT2D eigenvalue weighted by Gasteiger charge is 2.15. The lowest BCUT2D eigenvalue weighted by molar-refractivity contribution is -0.142. The molecular formula is C12H12INO3. The van der Waals surface area contributed by atoms with E-state index in [9.17, 15) is 4.79 Å². The molecule has 4 nitrogen and oxygen atoms in total. The maximum Gasteiger partial charge on any atom is 0.310 e. The van der Waals surface area contributed by atoms with Gasteiger partial charge in [0.25, 0.3) is 0 Å². The van der Waals surface area contributed by atoms with Gasteiger partial charge in [0.15, 0.2) is 0 Å². The number of hydrogen-bond acceptors (Lipinski definition) is 4. The van der Waals surface area contributed by atoms with Crippen LogP contribution in [0.4, 0.5) is 0 Å². The number of halogens is 1. The first-order valence-corrected chi connectivity index (χ1v) is 6.12. The molecule has 0 atom stereocenters. The van der Waals surface area contributed by atoms with Crippen LogP contribution in [-0.4, -0.2) is 19.7 Å². The van der Waals surface area contributed by atoms with Crippen molar-refractivity contribution in [2.24, 2.45) is 0 Å². The van der Waals surface area contributed by atoms with Crippen molar-refractivity contribution in [1.82, 2.24) is 0 Å². The Kier molecular flexibility index (Phi) is 5.22. The van der Waals surface area contributed by atoms with E-state index in [1.807, 2.05) is 0 Å². The van der Waals surface area contributed by atoms with E-state index >= 15 is 0 Å². The number of rotatable bonds is 4. The third kappa shape index (κ3) is 3.60. The summed E-state index contributed by atoms with van der Waals surface area (Å²) in [4.78, 5) is 11.4. The Morgan fingerprint density at radius 2 is 2.24 bits per heavy atom. The normalized spacial score (nSPS) is 9.53. The van der Waals surface area contributed by atoms with Crippen molar-refractivity contribution in [1.29, 1.82) is 5.26 Å². The molecule has 1 aromatic rings. The summed E-state index contributed by atoms with van der Waals surface area (Å²) in [6.07, 6.45) is 0.0524. The smallest absolute Gasteiger partial charge is 0.310 e. The molecule has 17 heavy (non-hydrogen) atoms. The number of hydrogen-bond donors (Lipinski definition) is 0. The van der Waals surface area contributed by atoms with Crippen LogP contribution in [0.15, 0.2) is 12.1 Å². The number of benzene rings is 1. The molecule has 1 rings (SSSR count). The molecule has 1 aromatic carbocycles. The van der Waals surface area contributed by atoms with Crippen LogP contribution in [0.3, 0.4) is 0 Å². The fraction of sp³-hybridized carbons (Fsp3) is 0.333. The number of ether oxygens (including phenoxy) is 2. The lowest BCUT2D eigenvalue weighted by atomic mass is 10.0. The second-order valence-electron chi connectivity index (χ2n) is 3.23. The molecule has 0 unspecified atom stereocenters. The van der Waals surface area contributed by atoms with Gasteiger partial charge in [-0.05, 0) is 41.6 Å². The van der Waals surface area contributed by atoms with Gasteiger partial charge in [0, 0.05) is 9.13 Å². The van der Waals surface area contributed by atoms with Gasteiger partial charge in [0.2, 0.25) is 0 Å². The van der Waals surface area contributed by atoms with Crippen molar-refractivity contribution < 1.29 is 14.3 Å². The molecule has 0 fully saturated rings. The third-order valence-electron chi connectivity index (χ3n) is 2.14. The van der Waals surface area contributed by atoms with E-state index in [0.29, 0.717) is 23.5 Å². The molecule has 0 spiro atoms. The maximum absolute atomic E-state index is 11.4. The van der Waals surface area contributed by atoms with Crippen LogP contribution in [0.2, 0.25) is 0 Å². The summed E-state index contributed by atoms with van der Waals surface area (Å²) in [5.74, 6) is 0.185. The van der Waals surface area contributed by atoms with E-state index in [1.165, 1.54) is 7.11 Å². The summed E-state index contributed by atoms with van der Waals surface area (Å²) < 4.78 is 10.9. The van der Waals surface area contributed by atoms with Crippen molar-refractivity contribution in [3.8, 4) is 11.8 Å². The first-order chi connectivity index (χ1) is 8.12. The monoisotopic (exact) mass is 345 g/mol. The highest BCUT2D eigenvalue weighted by atomic mass is 127. The Bertz CT molecular complexity index is 466. The van der Waals surface area contributed by atoms with E-state index < -0.39 is 0 Å². The molecule has 0 aromatic heterocycles. The number of carbonyl (C=O) groups excluding carboxylic acids is 1. The van der Waals surface area contributed by atoms with E-state index in [0.717, 1.165) is 3.57 Å². The summed E-state index contributed by atoms with van der Waals surface area (Å²) in [6.45, 7) is 2.07. The number of methoxy groups -OCH3 is 1. The van der Waals surface area contributed by atoms with Gasteiger partial charge in [0.05, 0.1) is 31.8 Å². The lowest BCUT2D eigenvalue weighted by Gasteiger charge is -2.10. The van der Waals surface area contributed by atoms with Crippen LogP contribution < -0.4 is 4.74 Å². The minimum absolute atomic E-state index is 0.0524. The minimum atomic E-state index is -0.358. The molecule has 0 aliphatic heterocycles. The molecule has 0 heterocycles. The van der Waals surface area contributed by atoms with Gasteiger partial charge in [-0.2, -0.15) is 5.26 Å². The molecule has 0 radical (unpaired) electrons. The van der Waals surface area contributed by atoms with E-state index in [-0.39, 0.29) is 12.4 Å². The fourth-order valence-electron chi connectivity index (χ4n) is 1.43. The highest BCUT2D eigenvalue weighted by Crippen LogP contribution is 2.26. The zero-order valence-electron chi connectivity index (χ0n) is 9.62. The average molecular weight is 345 g/mol. The van der Waals surface area contributed by atoms with Gasteiger partial charge in [-0.3, -0.25) is 4.79 Å². The van der Waals surface area contributed by atoms with Gasteiger partial charge in [-0.1, -0.05) is 0 Å². The number of nitrogens with zero attached hydrogens (tertiary/aromatic N) is 1. The Morgan fingerprint density at radius 3 is 2.76 bits per heavy atom. The Hall–Kier alpha value is -1.29. The standard InChI is InChI=1S/C12H12INO3/c1-3-17-12(15)6-10-8(7-14)4-9(13)5-11(10)16-2/h4-5H,3,6H2,1-2H3. The quantitative estimate of drug-likeness (QED) is 0.621. The zero-order valence-corrected chi connectivity index (χ0v) is 11.8. The van der Waals surface area contributed by atoms with Gasteiger partial charge < -0.3 is 9.47 Å².